The number of fused-ring (bicyclic) bond motifs is 5. The molecule has 4 unspecified atom stereocenters. The van der Waals surface area contributed by atoms with Crippen molar-refractivity contribution in [3.05, 3.63) is 11.6 Å². The fraction of sp³-hybridized carbons (Fsp3) is 0.912. The van der Waals surface area contributed by atoms with Gasteiger partial charge in [-0.15, -0.1) is 0 Å². The van der Waals surface area contributed by atoms with E-state index in [9.17, 15) is 4.79 Å². The zero-order chi connectivity index (χ0) is 28.0. The van der Waals surface area contributed by atoms with Crippen molar-refractivity contribution in [2.24, 2.45) is 46.3 Å². The lowest BCUT2D eigenvalue weighted by molar-refractivity contribution is -0.0581. The van der Waals surface area contributed by atoms with Crippen LogP contribution in [0.2, 0.25) is 0 Å². The summed E-state index contributed by atoms with van der Waals surface area (Å²) in [6.45, 7) is 17.3. The molecule has 5 nitrogen and oxygen atoms in total. The quantitative estimate of drug-likeness (QED) is 0.187. The van der Waals surface area contributed by atoms with Gasteiger partial charge in [0.15, 0.2) is 0 Å². The largest absolute Gasteiger partial charge is 0.446 e. The van der Waals surface area contributed by atoms with Gasteiger partial charge in [0.1, 0.15) is 6.10 Å². The highest BCUT2D eigenvalue weighted by Crippen LogP contribution is 2.67. The number of carbonyl (C=O) groups is 1. The normalized spacial score (nSPS) is 36.5. The van der Waals surface area contributed by atoms with Gasteiger partial charge in [-0.1, -0.05) is 65.5 Å². The van der Waals surface area contributed by atoms with E-state index in [1.54, 1.807) is 5.57 Å². The highest BCUT2D eigenvalue weighted by atomic mass is 16.6. The number of rotatable bonds is 13. The predicted molar refractivity (Wildman–Crippen MR) is 159 cm³/mol. The molecule has 0 aromatic heterocycles. The molecule has 3 fully saturated rings. The van der Waals surface area contributed by atoms with Crippen LogP contribution in [0.1, 0.15) is 112 Å². The molecular formula is C34H59NO4. The van der Waals surface area contributed by atoms with E-state index in [0.29, 0.717) is 38.4 Å². The van der Waals surface area contributed by atoms with E-state index in [1.165, 1.54) is 51.4 Å². The number of amides is 1. The van der Waals surface area contributed by atoms with E-state index in [-0.39, 0.29) is 17.6 Å². The molecule has 8 atom stereocenters. The monoisotopic (exact) mass is 545 g/mol. The summed E-state index contributed by atoms with van der Waals surface area (Å²) in [6.07, 6.45) is 16.4. The zero-order valence-electron chi connectivity index (χ0n) is 26.1. The van der Waals surface area contributed by atoms with Gasteiger partial charge in [-0.25, -0.2) is 4.79 Å². The Balaban J connectivity index is 1.29. The van der Waals surface area contributed by atoms with Crippen molar-refractivity contribution < 1.29 is 19.0 Å². The van der Waals surface area contributed by atoms with Gasteiger partial charge in [-0.05, 0) is 98.2 Å². The maximum atomic E-state index is 12.4. The highest BCUT2D eigenvalue weighted by Gasteiger charge is 2.59. The second kappa shape index (κ2) is 13.7. The molecular weight excluding hydrogens is 486 g/mol. The van der Waals surface area contributed by atoms with Gasteiger partial charge in [0.25, 0.3) is 0 Å². The molecule has 0 aliphatic heterocycles. The zero-order valence-corrected chi connectivity index (χ0v) is 26.1. The van der Waals surface area contributed by atoms with Crippen LogP contribution in [0.15, 0.2) is 11.6 Å². The number of ether oxygens (including phenoxy) is 3. The lowest BCUT2D eigenvalue weighted by Crippen LogP contribution is -2.51. The Kier molecular flexibility index (Phi) is 10.9. The number of nitrogens with one attached hydrogen (secondary N) is 1. The van der Waals surface area contributed by atoms with E-state index in [2.05, 4.69) is 46.0 Å². The summed E-state index contributed by atoms with van der Waals surface area (Å²) in [5.74, 6) is 5.13. The smallest absolute Gasteiger partial charge is 0.407 e. The van der Waals surface area contributed by atoms with E-state index in [1.807, 2.05) is 6.92 Å². The van der Waals surface area contributed by atoms with Crippen LogP contribution in [0.3, 0.4) is 0 Å². The lowest BCUT2D eigenvalue weighted by atomic mass is 9.47. The van der Waals surface area contributed by atoms with Gasteiger partial charge in [0.2, 0.25) is 0 Å². The van der Waals surface area contributed by atoms with Crippen molar-refractivity contribution in [3.8, 4) is 0 Å². The maximum Gasteiger partial charge on any atom is 0.407 e. The molecule has 0 aromatic rings. The third-order valence-corrected chi connectivity index (χ3v) is 11.6. The van der Waals surface area contributed by atoms with Crippen molar-refractivity contribution in [2.75, 3.05) is 33.0 Å². The summed E-state index contributed by atoms with van der Waals surface area (Å²) >= 11 is 0. The van der Waals surface area contributed by atoms with Crippen LogP contribution < -0.4 is 5.32 Å². The van der Waals surface area contributed by atoms with Crippen LogP contribution in [0.5, 0.6) is 0 Å². The Morgan fingerprint density at radius 3 is 2.56 bits per heavy atom. The molecule has 1 N–H and O–H groups in total. The molecule has 4 aliphatic carbocycles. The molecule has 0 spiro atoms. The van der Waals surface area contributed by atoms with Crippen LogP contribution in [-0.2, 0) is 14.2 Å². The number of hydrogen-bond donors (Lipinski definition) is 1. The summed E-state index contributed by atoms with van der Waals surface area (Å²) in [5, 5.41) is 2.86. The van der Waals surface area contributed by atoms with Crippen LogP contribution in [0, 0.1) is 46.3 Å². The summed E-state index contributed by atoms with van der Waals surface area (Å²) in [5.41, 5.74) is 2.40. The van der Waals surface area contributed by atoms with E-state index < -0.39 is 0 Å². The van der Waals surface area contributed by atoms with E-state index >= 15 is 0 Å². The maximum absolute atomic E-state index is 12.4. The van der Waals surface area contributed by atoms with Gasteiger partial charge >= 0.3 is 6.09 Å². The Bertz CT molecular complexity index is 826. The lowest BCUT2D eigenvalue weighted by Gasteiger charge is -2.58. The Morgan fingerprint density at radius 1 is 1.00 bits per heavy atom. The first-order chi connectivity index (χ1) is 18.7. The fourth-order valence-electron chi connectivity index (χ4n) is 9.54. The minimum atomic E-state index is -0.306. The average molecular weight is 546 g/mol. The fourth-order valence-corrected chi connectivity index (χ4v) is 9.54. The third-order valence-electron chi connectivity index (χ3n) is 11.6. The van der Waals surface area contributed by atoms with E-state index in [0.717, 1.165) is 54.8 Å². The molecule has 39 heavy (non-hydrogen) atoms. The molecule has 4 aliphatic rings. The molecule has 0 saturated heterocycles. The second-order valence-corrected chi connectivity index (χ2v) is 14.3. The van der Waals surface area contributed by atoms with Crippen LogP contribution in [0.25, 0.3) is 0 Å². The molecule has 3 saturated carbocycles. The van der Waals surface area contributed by atoms with Gasteiger partial charge < -0.3 is 19.5 Å². The first kappa shape index (κ1) is 30.9. The molecule has 1 amide bonds. The van der Waals surface area contributed by atoms with Crippen molar-refractivity contribution in [1.29, 1.82) is 0 Å². The third kappa shape index (κ3) is 7.05. The van der Waals surface area contributed by atoms with Crippen molar-refractivity contribution in [3.63, 3.8) is 0 Å². The van der Waals surface area contributed by atoms with Crippen molar-refractivity contribution in [1.82, 2.24) is 5.32 Å². The summed E-state index contributed by atoms with van der Waals surface area (Å²) in [4.78, 5) is 12.4. The Morgan fingerprint density at radius 2 is 1.79 bits per heavy atom. The average Bonchev–Trinajstić information content (AvgIpc) is 3.25. The molecule has 0 heterocycles. The van der Waals surface area contributed by atoms with Crippen LogP contribution in [0.4, 0.5) is 4.79 Å². The first-order valence-electron chi connectivity index (χ1n) is 16.5. The molecule has 0 aromatic carbocycles. The Labute approximate surface area is 239 Å². The number of carbonyl (C=O) groups excluding carboxylic acids is 1. The summed E-state index contributed by atoms with van der Waals surface area (Å²) in [7, 11) is 0. The van der Waals surface area contributed by atoms with Gasteiger partial charge in [0, 0.05) is 19.6 Å². The molecule has 4 rings (SSSR count). The van der Waals surface area contributed by atoms with Gasteiger partial charge in [-0.2, -0.15) is 0 Å². The van der Waals surface area contributed by atoms with E-state index in [4.69, 9.17) is 14.2 Å². The number of alkyl carbamates (subject to hydrolysis) is 1. The number of hydrogen-bond acceptors (Lipinski definition) is 4. The summed E-state index contributed by atoms with van der Waals surface area (Å²) in [6, 6.07) is 0. The molecule has 224 valence electrons. The standard InChI is InChI=1S/C34H59NO4/c1-7-37-21-22-38-20-19-35-32(36)39-27-15-17-33(5)26(23-27)11-12-28-30-14-13-29(25(4)10-8-9-24(2)3)34(30,6)18-16-31(28)33/h11,24-25,27-31H,7-10,12-23H2,1-6H3,(H,35,36)/t25-,27?,28?,29-,30?,31?,33+,34-/m1/s1. The molecule has 0 bridgehead atoms. The van der Waals surface area contributed by atoms with Gasteiger partial charge in [0.05, 0.1) is 19.8 Å². The molecule has 5 heteroatoms. The molecule has 0 radical (unpaired) electrons. The second-order valence-electron chi connectivity index (χ2n) is 14.3. The minimum Gasteiger partial charge on any atom is -0.446 e. The highest BCUT2D eigenvalue weighted by molar-refractivity contribution is 5.67. The van der Waals surface area contributed by atoms with Crippen LogP contribution in [-0.4, -0.2) is 45.2 Å². The van der Waals surface area contributed by atoms with Crippen LogP contribution >= 0.6 is 0 Å². The summed E-state index contributed by atoms with van der Waals surface area (Å²) < 4.78 is 16.6. The van der Waals surface area contributed by atoms with Gasteiger partial charge in [-0.3, -0.25) is 0 Å². The van der Waals surface area contributed by atoms with Crippen molar-refractivity contribution >= 4 is 6.09 Å². The Hall–Kier alpha value is -1.07. The SMILES string of the molecule is CCOCCOCCNC(=O)OC1CC[C@@]2(C)C(=CCC3C2CC[C@@]2(C)C3CC[C@@H]2[C@H](C)CCCC(C)C)C1. The predicted octanol–water partition coefficient (Wildman–Crippen LogP) is 8.18. The first-order valence-corrected chi connectivity index (χ1v) is 16.5. The number of allylic oxidation sites excluding steroid dienone is 1. The minimum absolute atomic E-state index is 0.00356. The van der Waals surface area contributed by atoms with Crippen molar-refractivity contribution in [2.45, 2.75) is 118 Å². The topological polar surface area (TPSA) is 56.8 Å².